The Labute approximate surface area is 101 Å². The van der Waals surface area contributed by atoms with Crippen molar-refractivity contribution in [1.82, 2.24) is 0 Å². The van der Waals surface area contributed by atoms with E-state index in [1.165, 1.54) is 17.7 Å². The van der Waals surface area contributed by atoms with E-state index >= 15 is 0 Å². The fourth-order valence-electron chi connectivity index (χ4n) is 2.11. The molecule has 4 nitrogen and oxygen atoms in total. The van der Waals surface area contributed by atoms with Gasteiger partial charge in [-0.3, -0.25) is 4.79 Å². The number of rotatable bonds is 2. The molecular formula is C13H15N3O. The molecule has 0 bridgehead atoms. The van der Waals surface area contributed by atoms with Crippen LogP contribution < -0.4 is 10.2 Å². The monoisotopic (exact) mass is 229 g/mol. The fourth-order valence-corrected chi connectivity index (χ4v) is 2.11. The Morgan fingerprint density at radius 3 is 3.18 bits per heavy atom. The lowest BCUT2D eigenvalue weighted by Crippen LogP contribution is -2.24. The van der Waals surface area contributed by atoms with Gasteiger partial charge in [0, 0.05) is 25.0 Å². The van der Waals surface area contributed by atoms with Gasteiger partial charge in [-0.25, -0.2) is 0 Å². The van der Waals surface area contributed by atoms with E-state index in [0.717, 1.165) is 18.7 Å². The number of fused-ring (bicyclic) bond motifs is 1. The van der Waals surface area contributed by atoms with Crippen molar-refractivity contribution in [2.24, 2.45) is 0 Å². The maximum Gasteiger partial charge on any atom is 0.238 e. The lowest BCUT2D eigenvalue weighted by Gasteiger charge is -2.27. The summed E-state index contributed by atoms with van der Waals surface area (Å²) in [5.74, 6) is -0.258. The van der Waals surface area contributed by atoms with Gasteiger partial charge in [-0.2, -0.15) is 5.26 Å². The molecule has 1 N–H and O–H groups in total. The summed E-state index contributed by atoms with van der Waals surface area (Å²) in [5, 5.41) is 11.2. The molecule has 1 heterocycles. The average molecular weight is 229 g/mol. The molecule has 0 spiro atoms. The lowest BCUT2D eigenvalue weighted by molar-refractivity contribution is -0.115. The molecule has 0 aliphatic carbocycles. The molecule has 1 aliphatic heterocycles. The molecule has 0 aromatic heterocycles. The van der Waals surface area contributed by atoms with Gasteiger partial charge < -0.3 is 10.2 Å². The summed E-state index contributed by atoms with van der Waals surface area (Å²) in [6.45, 7) is 1.04. The minimum absolute atomic E-state index is 0.104. The zero-order valence-corrected chi connectivity index (χ0v) is 9.86. The van der Waals surface area contributed by atoms with E-state index in [9.17, 15) is 4.79 Å². The van der Waals surface area contributed by atoms with E-state index in [2.05, 4.69) is 17.3 Å². The number of nitriles is 1. The van der Waals surface area contributed by atoms with E-state index in [0.29, 0.717) is 0 Å². The van der Waals surface area contributed by atoms with Crippen molar-refractivity contribution in [3.63, 3.8) is 0 Å². The Hall–Kier alpha value is -2.02. The van der Waals surface area contributed by atoms with Gasteiger partial charge in [0.1, 0.15) is 6.42 Å². The van der Waals surface area contributed by atoms with Gasteiger partial charge in [0.25, 0.3) is 0 Å². The molecule has 17 heavy (non-hydrogen) atoms. The highest BCUT2D eigenvalue weighted by molar-refractivity contribution is 5.92. The molecule has 0 saturated heterocycles. The minimum atomic E-state index is -0.258. The van der Waals surface area contributed by atoms with Gasteiger partial charge in [0.15, 0.2) is 0 Å². The van der Waals surface area contributed by atoms with Crippen molar-refractivity contribution in [2.45, 2.75) is 19.3 Å². The third kappa shape index (κ3) is 2.56. The smallest absolute Gasteiger partial charge is 0.238 e. The van der Waals surface area contributed by atoms with Crippen molar-refractivity contribution in [3.05, 3.63) is 23.8 Å². The summed E-state index contributed by atoms with van der Waals surface area (Å²) in [6.07, 6.45) is 2.16. The standard InChI is InChI=1S/C13H15N3O/c1-16-8-2-3-10-4-5-11(9-12(10)16)15-13(17)6-7-14/h4-5,9H,2-3,6,8H2,1H3,(H,15,17). The highest BCUT2D eigenvalue weighted by atomic mass is 16.1. The first-order valence-electron chi connectivity index (χ1n) is 5.71. The van der Waals surface area contributed by atoms with Gasteiger partial charge in [-0.1, -0.05) is 6.07 Å². The number of carbonyl (C=O) groups is 1. The SMILES string of the molecule is CN1CCCc2ccc(NC(=O)CC#N)cc21. The number of nitrogens with zero attached hydrogens (tertiary/aromatic N) is 2. The van der Waals surface area contributed by atoms with Crippen molar-refractivity contribution in [3.8, 4) is 6.07 Å². The molecule has 0 saturated carbocycles. The van der Waals surface area contributed by atoms with Crippen molar-refractivity contribution >= 4 is 17.3 Å². The van der Waals surface area contributed by atoms with Crippen LogP contribution in [0.4, 0.5) is 11.4 Å². The predicted molar refractivity (Wildman–Crippen MR) is 66.9 cm³/mol. The Bertz CT molecular complexity index is 476. The molecule has 2 rings (SSSR count). The molecule has 1 aromatic rings. The van der Waals surface area contributed by atoms with Crippen LogP contribution in [0.15, 0.2) is 18.2 Å². The highest BCUT2D eigenvalue weighted by Crippen LogP contribution is 2.28. The second-order valence-corrected chi connectivity index (χ2v) is 4.25. The first-order valence-corrected chi connectivity index (χ1v) is 5.71. The van der Waals surface area contributed by atoms with Crippen molar-refractivity contribution in [1.29, 1.82) is 5.26 Å². The second-order valence-electron chi connectivity index (χ2n) is 4.25. The molecule has 4 heteroatoms. The van der Waals surface area contributed by atoms with Gasteiger partial charge in [-0.15, -0.1) is 0 Å². The Morgan fingerprint density at radius 1 is 1.59 bits per heavy atom. The molecule has 88 valence electrons. The third-order valence-corrected chi connectivity index (χ3v) is 2.96. The summed E-state index contributed by atoms with van der Waals surface area (Å²) < 4.78 is 0. The van der Waals surface area contributed by atoms with E-state index in [1.54, 1.807) is 0 Å². The van der Waals surface area contributed by atoms with Crippen molar-refractivity contribution < 1.29 is 4.79 Å². The van der Waals surface area contributed by atoms with E-state index in [4.69, 9.17) is 5.26 Å². The van der Waals surface area contributed by atoms with E-state index in [-0.39, 0.29) is 12.3 Å². The van der Waals surface area contributed by atoms with Gasteiger partial charge >= 0.3 is 0 Å². The van der Waals surface area contributed by atoms with Crippen LogP contribution in [0, 0.1) is 11.3 Å². The van der Waals surface area contributed by atoms with Gasteiger partial charge in [0.05, 0.1) is 6.07 Å². The number of carbonyl (C=O) groups excluding carboxylic acids is 1. The van der Waals surface area contributed by atoms with Crippen molar-refractivity contribution in [2.75, 3.05) is 23.8 Å². The largest absolute Gasteiger partial charge is 0.374 e. The molecule has 0 fully saturated rings. The van der Waals surface area contributed by atoms with Crippen LogP contribution in [-0.4, -0.2) is 19.5 Å². The topological polar surface area (TPSA) is 56.1 Å². The second kappa shape index (κ2) is 4.88. The minimum Gasteiger partial charge on any atom is -0.374 e. The van der Waals surface area contributed by atoms with Crippen LogP contribution in [0.3, 0.4) is 0 Å². The molecular weight excluding hydrogens is 214 g/mol. The summed E-state index contributed by atoms with van der Waals surface area (Å²) in [6, 6.07) is 7.76. The van der Waals surface area contributed by atoms with Crippen LogP contribution >= 0.6 is 0 Å². The number of aryl methyl sites for hydroxylation is 1. The van der Waals surface area contributed by atoms with E-state index < -0.39 is 0 Å². The number of benzene rings is 1. The van der Waals surface area contributed by atoms with Gasteiger partial charge in [0.2, 0.25) is 5.91 Å². The number of hydrogen-bond acceptors (Lipinski definition) is 3. The Balaban J connectivity index is 2.18. The summed E-state index contributed by atoms with van der Waals surface area (Å²) >= 11 is 0. The van der Waals surface area contributed by atoms with Crippen LogP contribution in [0.1, 0.15) is 18.4 Å². The Kier molecular flexibility index (Phi) is 3.29. The average Bonchev–Trinajstić information content (AvgIpc) is 2.30. The molecule has 1 amide bonds. The molecule has 1 aliphatic rings. The number of hydrogen-bond donors (Lipinski definition) is 1. The molecule has 0 atom stereocenters. The lowest BCUT2D eigenvalue weighted by atomic mass is 10.0. The fraction of sp³-hybridized carbons (Fsp3) is 0.385. The quantitative estimate of drug-likeness (QED) is 0.843. The normalized spacial score (nSPS) is 13.8. The first-order chi connectivity index (χ1) is 8.20. The summed E-state index contributed by atoms with van der Waals surface area (Å²) in [4.78, 5) is 13.5. The zero-order valence-electron chi connectivity index (χ0n) is 9.86. The number of anilines is 2. The van der Waals surface area contributed by atoms with Crippen LogP contribution in [0.2, 0.25) is 0 Å². The first kappa shape index (κ1) is 11.5. The van der Waals surface area contributed by atoms with Crippen LogP contribution in [0.25, 0.3) is 0 Å². The maximum absolute atomic E-state index is 11.3. The predicted octanol–water partition coefficient (Wildman–Crippen LogP) is 1.92. The molecule has 1 aromatic carbocycles. The van der Waals surface area contributed by atoms with Crippen LogP contribution in [-0.2, 0) is 11.2 Å². The van der Waals surface area contributed by atoms with E-state index in [1.807, 2.05) is 24.3 Å². The summed E-state index contributed by atoms with van der Waals surface area (Å²) in [7, 11) is 2.05. The Morgan fingerprint density at radius 2 is 2.41 bits per heavy atom. The zero-order chi connectivity index (χ0) is 12.3. The highest BCUT2D eigenvalue weighted by Gasteiger charge is 2.14. The number of nitrogens with one attached hydrogen (secondary N) is 1. The molecule has 0 radical (unpaired) electrons. The summed E-state index contributed by atoms with van der Waals surface area (Å²) in [5.41, 5.74) is 3.25. The third-order valence-electron chi connectivity index (χ3n) is 2.96. The number of amides is 1. The van der Waals surface area contributed by atoms with Crippen LogP contribution in [0.5, 0.6) is 0 Å². The molecule has 0 unspecified atom stereocenters. The van der Waals surface area contributed by atoms with Gasteiger partial charge in [-0.05, 0) is 30.5 Å². The maximum atomic E-state index is 11.3.